The van der Waals surface area contributed by atoms with Crippen molar-refractivity contribution in [3.63, 3.8) is 0 Å². The molecule has 0 unspecified atom stereocenters. The molecule has 0 aliphatic rings. The van der Waals surface area contributed by atoms with Crippen LogP contribution in [0.5, 0.6) is 0 Å². The lowest BCUT2D eigenvalue weighted by Crippen LogP contribution is -2.83. The maximum atomic E-state index is 11.8. The van der Waals surface area contributed by atoms with Crippen LogP contribution < -0.4 is 10.9 Å². The van der Waals surface area contributed by atoms with E-state index < -0.39 is 6.10 Å². The SMILES string of the molecule is Cc1cc2oc(=O)cc(C[NH2+]C[C@H](O)c3ccccc3)c2cc1C. The molecule has 124 valence electrons. The molecular weight excluding hydrogens is 302 g/mol. The molecule has 4 heteroatoms. The maximum Gasteiger partial charge on any atom is 0.336 e. The van der Waals surface area contributed by atoms with E-state index in [0.717, 1.165) is 22.1 Å². The van der Waals surface area contributed by atoms with Crippen LogP contribution in [0.4, 0.5) is 0 Å². The normalized spacial score (nSPS) is 12.5. The molecule has 1 heterocycles. The van der Waals surface area contributed by atoms with Gasteiger partial charge in [-0.2, -0.15) is 0 Å². The standard InChI is InChI=1S/C20H21NO3/c1-13-8-17-16(10-20(23)24-19(17)9-14(13)2)11-21-12-18(22)15-6-4-3-5-7-15/h3-10,18,21-22H,11-12H2,1-2H3/p+1/t18-/m0/s1. The van der Waals surface area contributed by atoms with Crippen molar-refractivity contribution in [3.05, 3.63) is 81.2 Å². The molecule has 0 bridgehead atoms. The molecule has 4 nitrogen and oxygen atoms in total. The van der Waals surface area contributed by atoms with Crippen LogP contribution in [0.1, 0.15) is 28.4 Å². The van der Waals surface area contributed by atoms with Gasteiger partial charge in [0.05, 0.1) is 0 Å². The van der Waals surface area contributed by atoms with Crippen molar-refractivity contribution in [3.8, 4) is 0 Å². The summed E-state index contributed by atoms with van der Waals surface area (Å²) in [6, 6.07) is 15.1. The molecular formula is C20H22NO3+. The largest absolute Gasteiger partial charge is 0.423 e. The van der Waals surface area contributed by atoms with Crippen LogP contribution in [0.3, 0.4) is 0 Å². The van der Waals surface area contributed by atoms with Crippen LogP contribution in [0.15, 0.2) is 57.7 Å². The zero-order valence-corrected chi connectivity index (χ0v) is 14.0. The molecule has 3 N–H and O–H groups in total. The summed E-state index contributed by atoms with van der Waals surface area (Å²) >= 11 is 0. The third-order valence-corrected chi connectivity index (χ3v) is 4.38. The van der Waals surface area contributed by atoms with Gasteiger partial charge in [-0.05, 0) is 42.7 Å². The lowest BCUT2D eigenvalue weighted by atomic mass is 10.0. The number of hydrogen-bond donors (Lipinski definition) is 2. The minimum absolute atomic E-state index is 0.335. The topological polar surface area (TPSA) is 67.0 Å². The average molecular weight is 324 g/mol. The Morgan fingerprint density at radius 3 is 2.54 bits per heavy atom. The van der Waals surface area contributed by atoms with Crippen LogP contribution in [-0.4, -0.2) is 11.7 Å². The fourth-order valence-electron chi connectivity index (χ4n) is 2.86. The lowest BCUT2D eigenvalue weighted by Gasteiger charge is -2.11. The molecule has 3 aromatic rings. The molecule has 0 fully saturated rings. The van der Waals surface area contributed by atoms with Gasteiger partial charge in [-0.25, -0.2) is 4.79 Å². The van der Waals surface area contributed by atoms with Gasteiger partial charge in [0.25, 0.3) is 0 Å². The first-order chi connectivity index (χ1) is 11.5. The van der Waals surface area contributed by atoms with Crippen LogP contribution in [0, 0.1) is 13.8 Å². The molecule has 0 aliphatic carbocycles. The minimum atomic E-state index is -0.526. The number of hydrogen-bond acceptors (Lipinski definition) is 3. The molecule has 0 radical (unpaired) electrons. The van der Waals surface area contributed by atoms with Gasteiger partial charge < -0.3 is 14.8 Å². The highest BCUT2D eigenvalue weighted by molar-refractivity contribution is 5.81. The molecule has 2 aromatic carbocycles. The monoisotopic (exact) mass is 324 g/mol. The summed E-state index contributed by atoms with van der Waals surface area (Å²) in [5, 5.41) is 13.2. The van der Waals surface area contributed by atoms with Crippen molar-refractivity contribution >= 4 is 11.0 Å². The highest BCUT2D eigenvalue weighted by Crippen LogP contribution is 2.21. The van der Waals surface area contributed by atoms with Crippen molar-refractivity contribution in [2.24, 2.45) is 0 Å². The van der Waals surface area contributed by atoms with Crippen molar-refractivity contribution in [2.45, 2.75) is 26.5 Å². The van der Waals surface area contributed by atoms with E-state index in [2.05, 4.69) is 6.07 Å². The molecule has 0 spiro atoms. The summed E-state index contributed by atoms with van der Waals surface area (Å²) < 4.78 is 5.32. The van der Waals surface area contributed by atoms with E-state index >= 15 is 0 Å². The first-order valence-electron chi connectivity index (χ1n) is 8.13. The molecule has 24 heavy (non-hydrogen) atoms. The predicted octanol–water partition coefficient (Wildman–Crippen LogP) is 2.21. The third-order valence-electron chi connectivity index (χ3n) is 4.38. The van der Waals surface area contributed by atoms with Gasteiger partial charge in [-0.3, -0.25) is 0 Å². The highest BCUT2D eigenvalue weighted by atomic mass is 16.4. The number of benzene rings is 2. The molecule has 0 saturated heterocycles. The van der Waals surface area contributed by atoms with E-state index in [1.165, 1.54) is 5.56 Å². The Kier molecular flexibility index (Phi) is 4.79. The van der Waals surface area contributed by atoms with Crippen molar-refractivity contribution < 1.29 is 14.8 Å². The van der Waals surface area contributed by atoms with Gasteiger partial charge in [0.1, 0.15) is 24.8 Å². The highest BCUT2D eigenvalue weighted by Gasteiger charge is 2.12. The first kappa shape index (κ1) is 16.4. The van der Waals surface area contributed by atoms with E-state index in [0.29, 0.717) is 18.7 Å². The number of fused-ring (bicyclic) bond motifs is 1. The van der Waals surface area contributed by atoms with Gasteiger partial charge >= 0.3 is 5.63 Å². The van der Waals surface area contributed by atoms with Gasteiger partial charge in [0.15, 0.2) is 0 Å². The minimum Gasteiger partial charge on any atom is -0.423 e. The Morgan fingerprint density at radius 2 is 1.79 bits per heavy atom. The Balaban J connectivity index is 1.78. The Labute approximate surface area is 140 Å². The van der Waals surface area contributed by atoms with Gasteiger partial charge in [0.2, 0.25) is 0 Å². The fourth-order valence-corrected chi connectivity index (χ4v) is 2.86. The van der Waals surface area contributed by atoms with Gasteiger partial charge in [-0.15, -0.1) is 0 Å². The smallest absolute Gasteiger partial charge is 0.336 e. The molecule has 1 aromatic heterocycles. The quantitative estimate of drug-likeness (QED) is 0.707. The average Bonchev–Trinajstić information content (AvgIpc) is 2.57. The van der Waals surface area contributed by atoms with Crippen LogP contribution >= 0.6 is 0 Å². The predicted molar refractivity (Wildman–Crippen MR) is 93.9 cm³/mol. The van der Waals surface area contributed by atoms with E-state index in [1.807, 2.05) is 55.6 Å². The van der Waals surface area contributed by atoms with Crippen molar-refractivity contribution in [2.75, 3.05) is 6.54 Å². The van der Waals surface area contributed by atoms with E-state index in [1.54, 1.807) is 6.07 Å². The van der Waals surface area contributed by atoms with Crippen LogP contribution in [0.25, 0.3) is 11.0 Å². The Hall–Kier alpha value is -2.43. The summed E-state index contributed by atoms with van der Waals surface area (Å²) in [4.78, 5) is 11.8. The second-order valence-corrected chi connectivity index (χ2v) is 6.18. The second-order valence-electron chi connectivity index (χ2n) is 6.18. The van der Waals surface area contributed by atoms with E-state index in [4.69, 9.17) is 4.42 Å². The van der Waals surface area contributed by atoms with E-state index in [-0.39, 0.29) is 5.63 Å². The summed E-state index contributed by atoms with van der Waals surface area (Å²) in [7, 11) is 0. The van der Waals surface area contributed by atoms with E-state index in [9.17, 15) is 9.90 Å². The molecule has 1 atom stereocenters. The van der Waals surface area contributed by atoms with Crippen molar-refractivity contribution in [1.29, 1.82) is 0 Å². The summed E-state index contributed by atoms with van der Waals surface area (Å²) in [6.07, 6.45) is -0.526. The summed E-state index contributed by atoms with van der Waals surface area (Å²) in [6.45, 7) is 5.21. The number of aliphatic hydroxyl groups is 1. The summed E-state index contributed by atoms with van der Waals surface area (Å²) in [5.74, 6) is 0. The first-order valence-corrected chi connectivity index (χ1v) is 8.13. The maximum absolute atomic E-state index is 11.8. The zero-order chi connectivity index (χ0) is 17.1. The zero-order valence-electron chi connectivity index (χ0n) is 14.0. The fraction of sp³-hybridized carbons (Fsp3) is 0.250. The van der Waals surface area contributed by atoms with Gasteiger partial charge in [-0.1, -0.05) is 30.3 Å². The molecule has 0 amide bonds. The van der Waals surface area contributed by atoms with Crippen molar-refractivity contribution in [1.82, 2.24) is 0 Å². The number of aryl methyl sites for hydroxylation is 2. The lowest BCUT2D eigenvalue weighted by molar-refractivity contribution is -0.677. The molecule has 0 saturated carbocycles. The number of aliphatic hydroxyl groups excluding tert-OH is 1. The number of quaternary nitrogens is 1. The van der Waals surface area contributed by atoms with Gasteiger partial charge in [0, 0.05) is 17.0 Å². The Bertz CT molecular complexity index is 900. The third kappa shape index (κ3) is 3.55. The number of nitrogens with two attached hydrogens (primary N) is 1. The molecule has 0 aliphatic heterocycles. The second kappa shape index (κ2) is 6.99. The number of rotatable bonds is 5. The Morgan fingerprint density at radius 1 is 1.08 bits per heavy atom. The summed E-state index contributed by atoms with van der Waals surface area (Å²) in [5.41, 5.74) is 4.39. The van der Waals surface area contributed by atoms with Crippen LogP contribution in [0.2, 0.25) is 0 Å². The van der Waals surface area contributed by atoms with Crippen LogP contribution in [-0.2, 0) is 6.54 Å². The molecule has 3 rings (SSSR count).